The SMILES string of the molecule is CCNC(=NCCc1c[nH]c2cc(C)ccc12)NCCNC(=O)c1ccccc1. The first-order chi connectivity index (χ1) is 14.2. The maximum atomic E-state index is 12.1. The summed E-state index contributed by atoms with van der Waals surface area (Å²) < 4.78 is 0. The zero-order valence-electron chi connectivity index (χ0n) is 17.1. The summed E-state index contributed by atoms with van der Waals surface area (Å²) in [6.07, 6.45) is 2.93. The van der Waals surface area contributed by atoms with Crippen LogP contribution in [0.1, 0.15) is 28.4 Å². The molecule has 0 bridgehead atoms. The minimum atomic E-state index is -0.0658. The van der Waals surface area contributed by atoms with Gasteiger partial charge in [0.15, 0.2) is 5.96 Å². The van der Waals surface area contributed by atoms with Crippen molar-refractivity contribution in [2.45, 2.75) is 20.3 Å². The molecule has 1 aromatic heterocycles. The summed E-state index contributed by atoms with van der Waals surface area (Å²) in [4.78, 5) is 20.1. The van der Waals surface area contributed by atoms with Crippen LogP contribution in [0.25, 0.3) is 10.9 Å². The average molecular weight is 392 g/mol. The standard InChI is InChI=1S/C23H29N5O/c1-3-24-23(27-14-13-25-22(29)18-7-5-4-6-8-18)26-12-11-19-16-28-21-15-17(2)9-10-20(19)21/h4-10,15-16,28H,3,11-14H2,1-2H3,(H,25,29)(H2,24,26,27). The van der Waals surface area contributed by atoms with Gasteiger partial charge in [-0.25, -0.2) is 0 Å². The van der Waals surface area contributed by atoms with Gasteiger partial charge in [0.1, 0.15) is 0 Å². The van der Waals surface area contributed by atoms with Crippen molar-refractivity contribution in [2.24, 2.45) is 4.99 Å². The molecule has 0 saturated heterocycles. The number of H-pyrrole nitrogens is 1. The Balaban J connectivity index is 1.47. The zero-order valence-corrected chi connectivity index (χ0v) is 17.1. The Labute approximate surface area is 171 Å². The van der Waals surface area contributed by atoms with Crippen LogP contribution in [-0.4, -0.2) is 43.0 Å². The van der Waals surface area contributed by atoms with E-state index in [2.05, 4.69) is 57.2 Å². The van der Waals surface area contributed by atoms with Crippen LogP contribution in [0, 0.1) is 6.92 Å². The maximum Gasteiger partial charge on any atom is 0.251 e. The van der Waals surface area contributed by atoms with E-state index in [-0.39, 0.29) is 5.91 Å². The van der Waals surface area contributed by atoms with E-state index in [0.29, 0.717) is 25.2 Å². The van der Waals surface area contributed by atoms with Crippen molar-refractivity contribution in [3.63, 3.8) is 0 Å². The Morgan fingerprint density at radius 1 is 1.03 bits per heavy atom. The van der Waals surface area contributed by atoms with E-state index in [4.69, 9.17) is 0 Å². The Bertz CT molecular complexity index is 962. The number of aromatic nitrogens is 1. The topological polar surface area (TPSA) is 81.3 Å². The summed E-state index contributed by atoms with van der Waals surface area (Å²) in [6.45, 7) is 6.75. The molecular weight excluding hydrogens is 362 g/mol. The van der Waals surface area contributed by atoms with Gasteiger partial charge in [0, 0.05) is 48.8 Å². The molecule has 0 aliphatic rings. The van der Waals surface area contributed by atoms with Crippen molar-refractivity contribution in [3.05, 3.63) is 71.4 Å². The van der Waals surface area contributed by atoms with Crippen LogP contribution in [0.15, 0.2) is 59.7 Å². The molecule has 0 atom stereocenters. The van der Waals surface area contributed by atoms with E-state index in [1.54, 1.807) is 12.1 Å². The van der Waals surface area contributed by atoms with Crippen LogP contribution in [0.5, 0.6) is 0 Å². The number of rotatable bonds is 8. The molecule has 6 nitrogen and oxygen atoms in total. The van der Waals surface area contributed by atoms with Crippen LogP contribution in [0.2, 0.25) is 0 Å². The molecule has 0 radical (unpaired) electrons. The van der Waals surface area contributed by atoms with E-state index in [1.807, 2.05) is 25.1 Å². The number of aromatic amines is 1. The zero-order chi connectivity index (χ0) is 20.5. The van der Waals surface area contributed by atoms with Crippen LogP contribution >= 0.6 is 0 Å². The number of amides is 1. The number of hydrogen-bond donors (Lipinski definition) is 4. The predicted octanol–water partition coefficient (Wildman–Crippen LogP) is 3.00. The minimum absolute atomic E-state index is 0.0658. The molecular formula is C23H29N5O. The highest BCUT2D eigenvalue weighted by Crippen LogP contribution is 2.19. The number of fused-ring (bicyclic) bond motifs is 1. The summed E-state index contributed by atoms with van der Waals surface area (Å²) in [6, 6.07) is 15.7. The highest BCUT2D eigenvalue weighted by molar-refractivity contribution is 5.94. The number of carbonyl (C=O) groups is 1. The van der Waals surface area contributed by atoms with Gasteiger partial charge < -0.3 is 20.9 Å². The molecule has 1 heterocycles. The normalized spacial score (nSPS) is 11.4. The summed E-state index contributed by atoms with van der Waals surface area (Å²) in [7, 11) is 0. The third kappa shape index (κ3) is 5.85. The molecule has 0 aliphatic heterocycles. The van der Waals surface area contributed by atoms with Crippen molar-refractivity contribution in [1.29, 1.82) is 0 Å². The lowest BCUT2D eigenvalue weighted by molar-refractivity contribution is 0.0954. The highest BCUT2D eigenvalue weighted by Gasteiger charge is 2.05. The third-order valence-corrected chi connectivity index (χ3v) is 4.66. The lowest BCUT2D eigenvalue weighted by Gasteiger charge is -2.12. The number of aryl methyl sites for hydroxylation is 1. The van der Waals surface area contributed by atoms with Crippen LogP contribution in [0.4, 0.5) is 0 Å². The molecule has 0 spiro atoms. The number of nitrogens with one attached hydrogen (secondary N) is 4. The molecule has 3 rings (SSSR count). The predicted molar refractivity (Wildman–Crippen MR) is 119 cm³/mol. The molecule has 0 fully saturated rings. The Hall–Kier alpha value is -3.28. The molecule has 0 aliphatic carbocycles. The number of nitrogens with zero attached hydrogens (tertiary/aromatic N) is 1. The first-order valence-electron chi connectivity index (χ1n) is 10.1. The van der Waals surface area contributed by atoms with Gasteiger partial charge in [0.05, 0.1) is 0 Å². The summed E-state index contributed by atoms with van der Waals surface area (Å²) in [5.41, 5.74) is 4.36. The summed E-state index contributed by atoms with van der Waals surface area (Å²) in [5.74, 6) is 0.695. The molecule has 4 N–H and O–H groups in total. The quantitative estimate of drug-likeness (QED) is 0.271. The first kappa shape index (κ1) is 20.5. The minimum Gasteiger partial charge on any atom is -0.361 e. The van der Waals surface area contributed by atoms with Crippen molar-refractivity contribution < 1.29 is 4.79 Å². The van der Waals surface area contributed by atoms with Crippen molar-refractivity contribution in [3.8, 4) is 0 Å². The molecule has 2 aromatic carbocycles. The average Bonchev–Trinajstić information content (AvgIpc) is 3.13. The number of hydrogen-bond acceptors (Lipinski definition) is 2. The van der Waals surface area contributed by atoms with E-state index in [1.165, 1.54) is 22.0 Å². The Morgan fingerprint density at radius 3 is 2.62 bits per heavy atom. The van der Waals surface area contributed by atoms with Gasteiger partial charge in [-0.1, -0.05) is 30.3 Å². The Kier molecular flexibility index (Phi) is 7.28. The molecule has 0 unspecified atom stereocenters. The van der Waals surface area contributed by atoms with E-state index < -0.39 is 0 Å². The largest absolute Gasteiger partial charge is 0.361 e. The highest BCUT2D eigenvalue weighted by atomic mass is 16.1. The summed E-state index contributed by atoms with van der Waals surface area (Å²) in [5, 5.41) is 10.7. The van der Waals surface area contributed by atoms with Gasteiger partial charge in [-0.15, -0.1) is 0 Å². The monoisotopic (exact) mass is 391 g/mol. The van der Waals surface area contributed by atoms with Gasteiger partial charge in [-0.2, -0.15) is 0 Å². The van der Waals surface area contributed by atoms with Gasteiger partial charge in [-0.05, 0) is 49.6 Å². The van der Waals surface area contributed by atoms with E-state index >= 15 is 0 Å². The second-order valence-electron chi connectivity index (χ2n) is 6.92. The fourth-order valence-electron chi connectivity index (χ4n) is 3.19. The van der Waals surface area contributed by atoms with Crippen LogP contribution in [-0.2, 0) is 6.42 Å². The molecule has 152 valence electrons. The lowest BCUT2D eigenvalue weighted by Crippen LogP contribution is -2.41. The number of carbonyl (C=O) groups excluding carboxylic acids is 1. The lowest BCUT2D eigenvalue weighted by atomic mass is 10.1. The van der Waals surface area contributed by atoms with Crippen LogP contribution < -0.4 is 16.0 Å². The molecule has 1 amide bonds. The van der Waals surface area contributed by atoms with Gasteiger partial charge >= 0.3 is 0 Å². The summed E-state index contributed by atoms with van der Waals surface area (Å²) >= 11 is 0. The number of benzene rings is 2. The van der Waals surface area contributed by atoms with Crippen molar-refractivity contribution >= 4 is 22.8 Å². The second kappa shape index (κ2) is 10.3. The fraction of sp³-hybridized carbons (Fsp3) is 0.304. The molecule has 29 heavy (non-hydrogen) atoms. The van der Waals surface area contributed by atoms with Crippen molar-refractivity contribution in [1.82, 2.24) is 20.9 Å². The molecule has 6 heteroatoms. The van der Waals surface area contributed by atoms with E-state index in [9.17, 15) is 4.79 Å². The van der Waals surface area contributed by atoms with Crippen LogP contribution in [0.3, 0.4) is 0 Å². The number of guanidine groups is 1. The smallest absolute Gasteiger partial charge is 0.251 e. The molecule has 0 saturated carbocycles. The van der Waals surface area contributed by atoms with Gasteiger partial charge in [0.2, 0.25) is 0 Å². The third-order valence-electron chi connectivity index (χ3n) is 4.66. The maximum absolute atomic E-state index is 12.1. The van der Waals surface area contributed by atoms with Gasteiger partial charge in [0.25, 0.3) is 5.91 Å². The first-order valence-corrected chi connectivity index (χ1v) is 10.1. The second-order valence-corrected chi connectivity index (χ2v) is 6.92. The number of aliphatic imine (C=N–C) groups is 1. The van der Waals surface area contributed by atoms with Crippen molar-refractivity contribution in [2.75, 3.05) is 26.2 Å². The van der Waals surface area contributed by atoms with Gasteiger partial charge in [-0.3, -0.25) is 9.79 Å². The fourth-order valence-corrected chi connectivity index (χ4v) is 3.19. The molecule has 3 aromatic rings. The van der Waals surface area contributed by atoms with E-state index in [0.717, 1.165) is 18.9 Å². The Morgan fingerprint density at radius 2 is 1.83 bits per heavy atom.